The van der Waals surface area contributed by atoms with Gasteiger partial charge in [0.05, 0.1) is 18.1 Å². The number of halogens is 3. The van der Waals surface area contributed by atoms with Gasteiger partial charge in [-0.25, -0.2) is 0 Å². The lowest BCUT2D eigenvalue weighted by atomic mass is 10.1. The van der Waals surface area contributed by atoms with E-state index in [0.717, 1.165) is 17.7 Å². The first-order chi connectivity index (χ1) is 9.79. The number of nitrogens with two attached hydrogens (primary N) is 1. The number of benzene rings is 1. The predicted octanol–water partition coefficient (Wildman–Crippen LogP) is 3.57. The largest absolute Gasteiger partial charge is 0.472 e. The van der Waals surface area contributed by atoms with Gasteiger partial charge in [-0.05, 0) is 24.3 Å². The lowest BCUT2D eigenvalue weighted by Gasteiger charge is -2.22. The molecule has 0 spiro atoms. The molecule has 7 heteroatoms. The second kappa shape index (κ2) is 5.77. The summed E-state index contributed by atoms with van der Waals surface area (Å²) in [5.41, 5.74) is 6.42. The molecule has 0 aliphatic rings. The molecular formula is C14H13F3N2OS. The lowest BCUT2D eigenvalue weighted by molar-refractivity contribution is -0.137. The lowest BCUT2D eigenvalue weighted by Crippen LogP contribution is -2.22. The van der Waals surface area contributed by atoms with Gasteiger partial charge in [-0.3, -0.25) is 0 Å². The van der Waals surface area contributed by atoms with Crippen molar-refractivity contribution >= 4 is 22.9 Å². The maximum absolute atomic E-state index is 12.8. The molecular weight excluding hydrogens is 301 g/mol. The summed E-state index contributed by atoms with van der Waals surface area (Å²) in [6.07, 6.45) is -1.33. The van der Waals surface area contributed by atoms with E-state index in [9.17, 15) is 13.2 Å². The Morgan fingerprint density at radius 3 is 2.57 bits per heavy atom. The smallest absolute Gasteiger partial charge is 0.416 e. The van der Waals surface area contributed by atoms with Crippen LogP contribution in [0.15, 0.2) is 41.2 Å². The van der Waals surface area contributed by atoms with Gasteiger partial charge in [-0.15, -0.1) is 0 Å². The van der Waals surface area contributed by atoms with Crippen LogP contribution in [-0.4, -0.2) is 12.0 Å². The zero-order chi connectivity index (χ0) is 15.6. The molecule has 2 aromatic rings. The quantitative estimate of drug-likeness (QED) is 0.876. The molecule has 1 aromatic carbocycles. The first-order valence-electron chi connectivity index (χ1n) is 6.02. The summed E-state index contributed by atoms with van der Waals surface area (Å²) in [4.78, 5) is 1.69. The molecule has 0 aliphatic carbocycles. The van der Waals surface area contributed by atoms with Crippen molar-refractivity contribution in [1.29, 1.82) is 0 Å². The van der Waals surface area contributed by atoms with Gasteiger partial charge in [-0.1, -0.05) is 12.2 Å². The molecule has 0 amide bonds. The molecule has 0 radical (unpaired) electrons. The molecule has 0 aliphatic heterocycles. The normalized spacial score (nSPS) is 11.4. The highest BCUT2D eigenvalue weighted by Gasteiger charge is 2.31. The van der Waals surface area contributed by atoms with E-state index < -0.39 is 11.7 Å². The Morgan fingerprint density at radius 1 is 1.33 bits per heavy atom. The standard InChI is InChI=1S/C14H13F3N2OS/c1-19(7-9-4-5-20-8-9)12-3-2-10(14(15,16)17)6-11(12)13(18)21/h2-6,8H,7H2,1H3,(H2,18,21). The summed E-state index contributed by atoms with van der Waals surface area (Å²) >= 11 is 4.86. The van der Waals surface area contributed by atoms with E-state index in [4.69, 9.17) is 22.4 Å². The van der Waals surface area contributed by atoms with Gasteiger partial charge in [-0.2, -0.15) is 13.2 Å². The van der Waals surface area contributed by atoms with E-state index in [1.54, 1.807) is 24.3 Å². The van der Waals surface area contributed by atoms with Crippen LogP contribution in [0, 0.1) is 0 Å². The number of hydrogen-bond donors (Lipinski definition) is 1. The number of anilines is 1. The Balaban J connectivity index is 2.36. The van der Waals surface area contributed by atoms with Gasteiger partial charge in [0.2, 0.25) is 0 Å². The fourth-order valence-corrected chi connectivity index (χ4v) is 2.15. The van der Waals surface area contributed by atoms with E-state index in [0.29, 0.717) is 12.2 Å². The fraction of sp³-hybridized carbons (Fsp3) is 0.214. The zero-order valence-corrected chi connectivity index (χ0v) is 12.0. The van der Waals surface area contributed by atoms with Crippen molar-refractivity contribution in [3.05, 3.63) is 53.5 Å². The molecule has 0 fully saturated rings. The molecule has 21 heavy (non-hydrogen) atoms. The highest BCUT2D eigenvalue weighted by molar-refractivity contribution is 7.80. The monoisotopic (exact) mass is 314 g/mol. The summed E-state index contributed by atoms with van der Waals surface area (Å²) in [5, 5.41) is 0. The molecule has 2 N–H and O–H groups in total. The molecule has 112 valence electrons. The number of alkyl halides is 3. The van der Waals surface area contributed by atoms with Crippen molar-refractivity contribution in [3.8, 4) is 0 Å². The third-order valence-corrected chi connectivity index (χ3v) is 3.22. The second-order valence-corrected chi connectivity index (χ2v) is 5.02. The maximum atomic E-state index is 12.8. The van der Waals surface area contributed by atoms with Gasteiger partial charge < -0.3 is 15.1 Å². The van der Waals surface area contributed by atoms with E-state index in [1.165, 1.54) is 12.3 Å². The summed E-state index contributed by atoms with van der Waals surface area (Å²) in [7, 11) is 1.75. The van der Waals surface area contributed by atoms with Crippen molar-refractivity contribution in [2.24, 2.45) is 5.73 Å². The first-order valence-corrected chi connectivity index (χ1v) is 6.43. The van der Waals surface area contributed by atoms with Crippen molar-refractivity contribution < 1.29 is 17.6 Å². The van der Waals surface area contributed by atoms with Crippen LogP contribution in [0.25, 0.3) is 0 Å². The minimum Gasteiger partial charge on any atom is -0.472 e. The number of thiocarbonyl (C=S) groups is 1. The summed E-state index contributed by atoms with van der Waals surface area (Å²) < 4.78 is 43.2. The van der Waals surface area contributed by atoms with E-state index in [2.05, 4.69) is 0 Å². The van der Waals surface area contributed by atoms with Crippen molar-refractivity contribution in [2.75, 3.05) is 11.9 Å². The third-order valence-electron chi connectivity index (χ3n) is 3.00. The molecule has 2 rings (SSSR count). The maximum Gasteiger partial charge on any atom is 0.416 e. The zero-order valence-electron chi connectivity index (χ0n) is 11.1. The van der Waals surface area contributed by atoms with Crippen LogP contribution in [0.5, 0.6) is 0 Å². The SMILES string of the molecule is CN(Cc1ccoc1)c1ccc(C(F)(F)F)cc1C(N)=S. The Hall–Kier alpha value is -2.02. The number of hydrogen-bond acceptors (Lipinski definition) is 3. The van der Waals surface area contributed by atoms with Crippen molar-refractivity contribution in [1.82, 2.24) is 0 Å². The first kappa shape index (κ1) is 15.4. The van der Waals surface area contributed by atoms with Crippen LogP contribution < -0.4 is 10.6 Å². The molecule has 0 atom stereocenters. The number of furan rings is 1. The number of nitrogens with zero attached hydrogens (tertiary/aromatic N) is 1. The molecule has 0 unspecified atom stereocenters. The summed E-state index contributed by atoms with van der Waals surface area (Å²) in [6, 6.07) is 5.14. The second-order valence-electron chi connectivity index (χ2n) is 4.58. The minimum atomic E-state index is -4.43. The van der Waals surface area contributed by atoms with E-state index >= 15 is 0 Å². The van der Waals surface area contributed by atoms with Gasteiger partial charge in [0, 0.05) is 30.4 Å². The van der Waals surface area contributed by atoms with Crippen LogP contribution in [0.2, 0.25) is 0 Å². The van der Waals surface area contributed by atoms with Crippen molar-refractivity contribution in [2.45, 2.75) is 12.7 Å². The van der Waals surface area contributed by atoms with E-state index in [-0.39, 0.29) is 10.6 Å². The average Bonchev–Trinajstić information content (AvgIpc) is 2.89. The highest BCUT2D eigenvalue weighted by Crippen LogP contribution is 2.33. The Labute approximate surface area is 125 Å². The Morgan fingerprint density at radius 2 is 2.05 bits per heavy atom. The van der Waals surface area contributed by atoms with Crippen LogP contribution in [0.1, 0.15) is 16.7 Å². The van der Waals surface area contributed by atoms with Crippen molar-refractivity contribution in [3.63, 3.8) is 0 Å². The average molecular weight is 314 g/mol. The van der Waals surface area contributed by atoms with Gasteiger partial charge in [0.1, 0.15) is 4.99 Å². The fourth-order valence-electron chi connectivity index (χ4n) is 1.98. The molecule has 1 heterocycles. The Bertz CT molecular complexity index is 638. The molecule has 0 saturated carbocycles. The van der Waals surface area contributed by atoms with E-state index in [1.807, 2.05) is 0 Å². The van der Waals surface area contributed by atoms with Gasteiger partial charge in [0.25, 0.3) is 0 Å². The van der Waals surface area contributed by atoms with Crippen LogP contribution >= 0.6 is 12.2 Å². The van der Waals surface area contributed by atoms with Crippen LogP contribution in [0.4, 0.5) is 18.9 Å². The molecule has 3 nitrogen and oxygen atoms in total. The summed E-state index contributed by atoms with van der Waals surface area (Å²) in [6.45, 7) is 0.470. The third kappa shape index (κ3) is 3.55. The number of rotatable bonds is 4. The molecule has 1 aromatic heterocycles. The van der Waals surface area contributed by atoms with Crippen LogP contribution in [-0.2, 0) is 12.7 Å². The molecule has 0 saturated heterocycles. The predicted molar refractivity (Wildman–Crippen MR) is 78.1 cm³/mol. The highest BCUT2D eigenvalue weighted by atomic mass is 32.1. The summed E-state index contributed by atoms with van der Waals surface area (Å²) in [5.74, 6) is 0. The molecule has 0 bridgehead atoms. The Kier molecular flexibility index (Phi) is 4.22. The topological polar surface area (TPSA) is 42.4 Å². The van der Waals surface area contributed by atoms with Gasteiger partial charge >= 0.3 is 6.18 Å². The van der Waals surface area contributed by atoms with Gasteiger partial charge in [0.15, 0.2) is 0 Å². The van der Waals surface area contributed by atoms with Crippen LogP contribution in [0.3, 0.4) is 0 Å². The minimum absolute atomic E-state index is 0.0739.